The van der Waals surface area contributed by atoms with Gasteiger partial charge in [-0.2, -0.15) is 13.2 Å². The van der Waals surface area contributed by atoms with E-state index in [-0.39, 0.29) is 17.2 Å². The third kappa shape index (κ3) is 4.62. The number of piperidine rings is 1. The third-order valence-corrected chi connectivity index (χ3v) is 5.49. The Morgan fingerprint density at radius 2 is 1.94 bits per heavy atom. The molecule has 7 nitrogen and oxygen atoms in total. The summed E-state index contributed by atoms with van der Waals surface area (Å²) in [6.07, 6.45) is 2.56. The molecule has 33 heavy (non-hydrogen) atoms. The minimum atomic E-state index is -4.91. The van der Waals surface area contributed by atoms with Gasteiger partial charge in [-0.1, -0.05) is 6.58 Å². The molecule has 4 heterocycles. The largest absolute Gasteiger partial charge is 0.476 e. The number of allylic oxidation sites excluding steroid dienone is 3. The Labute approximate surface area is 187 Å². The number of nitrogens with one attached hydrogen (secondary N) is 1. The molecule has 1 aromatic heterocycles. The van der Waals surface area contributed by atoms with Crippen LogP contribution in [-0.4, -0.2) is 57.0 Å². The lowest BCUT2D eigenvalue weighted by atomic mass is 9.99. The topological polar surface area (TPSA) is 81.1 Å². The molecule has 3 aliphatic rings. The Morgan fingerprint density at radius 1 is 1.21 bits per heavy atom. The van der Waals surface area contributed by atoms with Gasteiger partial charge in [0.2, 0.25) is 0 Å². The van der Waals surface area contributed by atoms with E-state index in [0.29, 0.717) is 18.9 Å². The van der Waals surface area contributed by atoms with Crippen molar-refractivity contribution in [1.82, 2.24) is 14.8 Å². The van der Waals surface area contributed by atoms with E-state index < -0.39 is 35.3 Å². The number of aromatic carboxylic acids is 1. The molecule has 1 fully saturated rings. The Kier molecular flexibility index (Phi) is 5.96. The van der Waals surface area contributed by atoms with Crippen molar-refractivity contribution >= 4 is 17.5 Å². The lowest BCUT2D eigenvalue weighted by Gasteiger charge is -2.37. The van der Waals surface area contributed by atoms with Gasteiger partial charge in [-0.3, -0.25) is 4.90 Å². The minimum absolute atomic E-state index is 0.125. The van der Waals surface area contributed by atoms with Gasteiger partial charge in [0.25, 0.3) is 0 Å². The molecule has 4 rings (SSSR count). The molecule has 1 atom stereocenters. The van der Waals surface area contributed by atoms with Crippen LogP contribution in [0.5, 0.6) is 0 Å². The number of fused-ring (bicyclic) bond motifs is 1. The van der Waals surface area contributed by atoms with Crippen LogP contribution in [0.2, 0.25) is 0 Å². The molecule has 0 aromatic carbocycles. The van der Waals surface area contributed by atoms with Gasteiger partial charge in [0.15, 0.2) is 11.7 Å². The standard InChI is InChI=1S/C22H21F4N5O2/c1-13-10-17(30-8-3-2-4-9-30)29-20-15(11-14(23)12-31(13)20)19(22(24,25)26)28-16-6-5-7-27-18(16)21(32)33/h5-7,10-12,19,28H,1-4,8-9H2,(H,32,33)/t19-/m0/s1. The molecule has 0 aliphatic carbocycles. The molecule has 0 amide bonds. The summed E-state index contributed by atoms with van der Waals surface area (Å²) < 4.78 is 57.1. The molecule has 0 unspecified atom stereocenters. The van der Waals surface area contributed by atoms with Gasteiger partial charge in [-0.05, 0) is 37.5 Å². The van der Waals surface area contributed by atoms with Crippen molar-refractivity contribution in [3.05, 3.63) is 71.9 Å². The number of alkyl halides is 3. The van der Waals surface area contributed by atoms with E-state index in [4.69, 9.17) is 0 Å². The van der Waals surface area contributed by atoms with Crippen molar-refractivity contribution < 1.29 is 27.5 Å². The first kappa shape index (κ1) is 22.6. The maximum atomic E-state index is 14.4. The second kappa shape index (κ2) is 8.72. The highest BCUT2D eigenvalue weighted by Gasteiger charge is 2.46. The maximum absolute atomic E-state index is 14.4. The fourth-order valence-corrected chi connectivity index (χ4v) is 3.95. The van der Waals surface area contributed by atoms with Crippen molar-refractivity contribution in [2.24, 2.45) is 4.99 Å². The molecular weight excluding hydrogens is 442 g/mol. The Morgan fingerprint density at radius 3 is 2.61 bits per heavy atom. The summed E-state index contributed by atoms with van der Waals surface area (Å²) in [5.41, 5.74) is -1.15. The second-order valence-electron chi connectivity index (χ2n) is 7.78. The number of halogens is 4. The number of aromatic nitrogens is 1. The zero-order valence-corrected chi connectivity index (χ0v) is 17.4. The highest BCUT2D eigenvalue weighted by atomic mass is 19.4. The molecule has 0 bridgehead atoms. The zero-order valence-electron chi connectivity index (χ0n) is 17.4. The number of nitrogens with zero attached hydrogens (tertiary/aromatic N) is 4. The van der Waals surface area contributed by atoms with Crippen molar-refractivity contribution in [2.75, 3.05) is 18.4 Å². The summed E-state index contributed by atoms with van der Waals surface area (Å²) in [4.78, 5) is 22.7. The van der Waals surface area contributed by atoms with Crippen LogP contribution in [-0.2, 0) is 0 Å². The highest BCUT2D eigenvalue weighted by Crippen LogP contribution is 2.36. The van der Waals surface area contributed by atoms with Crippen molar-refractivity contribution in [3.63, 3.8) is 0 Å². The predicted octanol–water partition coefficient (Wildman–Crippen LogP) is 4.43. The van der Waals surface area contributed by atoms with Crippen LogP contribution < -0.4 is 5.32 Å². The number of aliphatic imine (C=N–C) groups is 1. The average Bonchev–Trinajstić information content (AvgIpc) is 2.77. The summed E-state index contributed by atoms with van der Waals surface area (Å²) in [5, 5.41) is 11.5. The van der Waals surface area contributed by atoms with E-state index in [2.05, 4.69) is 21.9 Å². The van der Waals surface area contributed by atoms with Crippen LogP contribution in [0.4, 0.5) is 23.2 Å². The fourth-order valence-electron chi connectivity index (χ4n) is 3.95. The van der Waals surface area contributed by atoms with Gasteiger partial charge in [0, 0.05) is 42.8 Å². The Bertz CT molecular complexity index is 1100. The SMILES string of the molecule is C=C1C=C(N2CCCCC2)N=C2C([C@H](Nc3cccnc3C(=O)O)C(F)(F)F)=CC(F)=CN12. The number of amidine groups is 1. The molecule has 1 saturated heterocycles. The molecule has 1 aromatic rings. The van der Waals surface area contributed by atoms with E-state index in [9.17, 15) is 27.5 Å². The summed E-state index contributed by atoms with van der Waals surface area (Å²) in [6, 6.07) is 0.0268. The van der Waals surface area contributed by atoms with Gasteiger partial charge in [-0.25, -0.2) is 19.2 Å². The lowest BCUT2D eigenvalue weighted by Crippen LogP contribution is -2.46. The van der Waals surface area contributed by atoms with Gasteiger partial charge < -0.3 is 15.3 Å². The third-order valence-electron chi connectivity index (χ3n) is 5.49. The van der Waals surface area contributed by atoms with Crippen LogP contribution in [0.25, 0.3) is 0 Å². The van der Waals surface area contributed by atoms with E-state index in [1.165, 1.54) is 17.0 Å². The predicted molar refractivity (Wildman–Crippen MR) is 114 cm³/mol. The molecule has 0 saturated carbocycles. The van der Waals surface area contributed by atoms with Crippen LogP contribution in [0.1, 0.15) is 29.8 Å². The quantitative estimate of drug-likeness (QED) is 0.629. The number of carbonyl (C=O) groups is 1. The number of hydrogen-bond donors (Lipinski definition) is 2. The number of anilines is 1. The molecular formula is C22H21F4N5O2. The number of pyridine rings is 1. The van der Waals surface area contributed by atoms with Crippen LogP contribution in [0.3, 0.4) is 0 Å². The number of hydrogen-bond acceptors (Lipinski definition) is 6. The second-order valence-corrected chi connectivity index (χ2v) is 7.78. The molecule has 0 radical (unpaired) electrons. The lowest BCUT2D eigenvalue weighted by molar-refractivity contribution is -0.133. The monoisotopic (exact) mass is 463 g/mol. The van der Waals surface area contributed by atoms with Crippen molar-refractivity contribution in [3.8, 4) is 0 Å². The maximum Gasteiger partial charge on any atom is 0.412 e. The zero-order chi connectivity index (χ0) is 23.8. The van der Waals surface area contributed by atoms with Crippen LogP contribution >= 0.6 is 0 Å². The molecule has 2 N–H and O–H groups in total. The molecule has 3 aliphatic heterocycles. The van der Waals surface area contributed by atoms with Gasteiger partial charge >= 0.3 is 12.1 Å². The molecule has 0 spiro atoms. The first-order valence-corrected chi connectivity index (χ1v) is 10.3. The number of rotatable bonds is 5. The molecule has 11 heteroatoms. The minimum Gasteiger partial charge on any atom is -0.476 e. The van der Waals surface area contributed by atoms with E-state index in [1.54, 1.807) is 6.08 Å². The van der Waals surface area contributed by atoms with Gasteiger partial charge in [0.05, 0.1) is 5.69 Å². The van der Waals surface area contributed by atoms with E-state index in [1.807, 2.05) is 4.90 Å². The molecule has 174 valence electrons. The Hall–Kier alpha value is -3.63. The highest BCUT2D eigenvalue weighted by molar-refractivity contribution is 6.04. The normalized spacial score (nSPS) is 19.7. The number of likely N-dealkylation sites (tertiary alicyclic amines) is 1. The first-order valence-electron chi connectivity index (χ1n) is 10.3. The van der Waals surface area contributed by atoms with Crippen LogP contribution in [0.15, 0.2) is 71.2 Å². The van der Waals surface area contributed by atoms with E-state index in [0.717, 1.165) is 37.7 Å². The number of carboxylic acid groups (broad SMARTS) is 1. The summed E-state index contributed by atoms with van der Waals surface area (Å²) in [7, 11) is 0. The Balaban J connectivity index is 1.77. The first-order chi connectivity index (χ1) is 15.6. The van der Waals surface area contributed by atoms with Gasteiger partial charge in [-0.15, -0.1) is 0 Å². The van der Waals surface area contributed by atoms with Crippen molar-refractivity contribution in [2.45, 2.75) is 31.5 Å². The average molecular weight is 463 g/mol. The number of carboxylic acids is 1. The van der Waals surface area contributed by atoms with Crippen LogP contribution in [0, 0.1) is 0 Å². The van der Waals surface area contributed by atoms with Crippen molar-refractivity contribution in [1.29, 1.82) is 0 Å². The van der Waals surface area contributed by atoms with E-state index >= 15 is 0 Å². The smallest absolute Gasteiger partial charge is 0.412 e. The van der Waals surface area contributed by atoms with Gasteiger partial charge in [0.1, 0.15) is 17.5 Å². The summed E-state index contributed by atoms with van der Waals surface area (Å²) in [6.45, 7) is 5.28. The summed E-state index contributed by atoms with van der Waals surface area (Å²) >= 11 is 0. The fraction of sp³-hybridized carbons (Fsp3) is 0.318. The summed E-state index contributed by atoms with van der Waals surface area (Å²) in [5.74, 6) is -2.08.